The molecule has 1 aliphatic rings. The Bertz CT molecular complexity index is 695. The zero-order valence-corrected chi connectivity index (χ0v) is 11.4. The molecule has 0 bridgehead atoms. The van der Waals surface area contributed by atoms with E-state index in [2.05, 4.69) is 15.5 Å². The lowest BCUT2D eigenvalue weighted by molar-refractivity contribution is -0.138. The van der Waals surface area contributed by atoms with Crippen molar-refractivity contribution in [2.24, 2.45) is 0 Å². The number of hydrogen-bond donors (Lipinski definition) is 2. The lowest BCUT2D eigenvalue weighted by atomic mass is 10.2. The maximum absolute atomic E-state index is 11.3. The third-order valence-electron chi connectivity index (χ3n) is 3.43. The molecule has 1 aromatic heterocycles. The number of carboxylic acid groups (broad SMARTS) is 1. The number of carboxylic acids is 1. The number of aromatic nitrogens is 4. The summed E-state index contributed by atoms with van der Waals surface area (Å²) in [5.74, 6) is -0.785. The first-order chi connectivity index (χ1) is 9.66. The molecule has 2 heterocycles. The summed E-state index contributed by atoms with van der Waals surface area (Å²) in [6.07, 6.45) is 1.55. The van der Waals surface area contributed by atoms with Crippen molar-refractivity contribution in [3.8, 4) is 5.69 Å². The van der Waals surface area contributed by atoms with Gasteiger partial charge in [-0.2, -0.15) is 5.21 Å². The van der Waals surface area contributed by atoms with Gasteiger partial charge in [-0.05, 0) is 43.3 Å². The van der Waals surface area contributed by atoms with Gasteiger partial charge in [-0.1, -0.05) is 16.4 Å². The van der Waals surface area contributed by atoms with Crippen LogP contribution in [0.3, 0.4) is 0 Å². The SMILES string of the molecule is O=C(O)C1CCCN1c1cccc(-n2[nH]nnc2=S)c1. The molecule has 2 N–H and O–H groups in total. The molecular formula is C12H13N5O2S. The second-order valence-corrected chi connectivity index (χ2v) is 4.99. The highest BCUT2D eigenvalue weighted by Gasteiger charge is 2.30. The summed E-state index contributed by atoms with van der Waals surface area (Å²) in [7, 11) is 0. The summed E-state index contributed by atoms with van der Waals surface area (Å²) in [5, 5.41) is 19.3. The molecule has 0 amide bonds. The van der Waals surface area contributed by atoms with Gasteiger partial charge in [0, 0.05) is 12.2 Å². The fraction of sp³-hybridized carbons (Fsp3) is 0.333. The van der Waals surface area contributed by atoms with Crippen LogP contribution in [0.25, 0.3) is 5.69 Å². The summed E-state index contributed by atoms with van der Waals surface area (Å²) >= 11 is 5.06. The van der Waals surface area contributed by atoms with E-state index in [0.29, 0.717) is 11.2 Å². The Hall–Kier alpha value is -2.22. The first kappa shape index (κ1) is 12.8. The predicted molar refractivity (Wildman–Crippen MR) is 74.5 cm³/mol. The Labute approximate surface area is 119 Å². The van der Waals surface area contributed by atoms with Crippen LogP contribution in [0.2, 0.25) is 0 Å². The summed E-state index contributed by atoms with van der Waals surface area (Å²) in [4.78, 5) is 13.2. The predicted octanol–water partition coefficient (Wildman–Crippen LogP) is 1.38. The fourth-order valence-electron chi connectivity index (χ4n) is 2.51. The fourth-order valence-corrected chi connectivity index (χ4v) is 2.70. The Morgan fingerprint density at radius 3 is 2.95 bits per heavy atom. The van der Waals surface area contributed by atoms with Gasteiger partial charge in [0.2, 0.25) is 4.77 Å². The Kier molecular flexibility index (Phi) is 3.23. The average molecular weight is 291 g/mol. The molecule has 0 spiro atoms. The molecule has 3 rings (SSSR count). The first-order valence-corrected chi connectivity index (χ1v) is 6.67. The van der Waals surface area contributed by atoms with Gasteiger partial charge < -0.3 is 10.0 Å². The van der Waals surface area contributed by atoms with Crippen molar-refractivity contribution < 1.29 is 9.90 Å². The molecule has 0 saturated carbocycles. The van der Waals surface area contributed by atoms with Gasteiger partial charge in [0.05, 0.1) is 5.69 Å². The van der Waals surface area contributed by atoms with E-state index in [9.17, 15) is 9.90 Å². The number of anilines is 1. The Balaban J connectivity index is 1.98. The summed E-state index contributed by atoms with van der Waals surface area (Å²) in [5.41, 5.74) is 1.65. The third kappa shape index (κ3) is 2.18. The molecule has 1 fully saturated rings. The number of carbonyl (C=O) groups is 1. The number of tetrazole rings is 1. The van der Waals surface area contributed by atoms with Crippen LogP contribution in [0.1, 0.15) is 12.8 Å². The molecule has 0 aliphatic carbocycles. The molecule has 8 heteroatoms. The van der Waals surface area contributed by atoms with E-state index < -0.39 is 12.0 Å². The number of nitrogens with zero attached hydrogens (tertiary/aromatic N) is 4. The smallest absolute Gasteiger partial charge is 0.326 e. The highest BCUT2D eigenvalue weighted by Crippen LogP contribution is 2.27. The number of benzene rings is 1. The van der Waals surface area contributed by atoms with Gasteiger partial charge in [-0.15, -0.1) is 0 Å². The van der Waals surface area contributed by atoms with Gasteiger partial charge in [0.25, 0.3) is 0 Å². The van der Waals surface area contributed by atoms with Gasteiger partial charge in [-0.3, -0.25) is 0 Å². The minimum absolute atomic E-state index is 0.332. The van der Waals surface area contributed by atoms with Crippen LogP contribution in [-0.4, -0.2) is 43.9 Å². The maximum atomic E-state index is 11.3. The van der Waals surface area contributed by atoms with Gasteiger partial charge in [0.15, 0.2) is 0 Å². The number of rotatable bonds is 3. The van der Waals surface area contributed by atoms with E-state index in [4.69, 9.17) is 12.2 Å². The molecule has 7 nitrogen and oxygen atoms in total. The standard InChI is InChI=1S/C12H13N5O2S/c18-11(19)10-5-2-6-16(10)8-3-1-4-9(7-8)17-12(20)13-14-15-17/h1,3-4,7,10H,2,5-6H2,(H,18,19)(H,13,15,20). The van der Waals surface area contributed by atoms with E-state index in [1.807, 2.05) is 29.2 Å². The zero-order valence-electron chi connectivity index (χ0n) is 10.6. The number of nitrogens with one attached hydrogen (secondary N) is 1. The molecule has 1 atom stereocenters. The number of H-pyrrole nitrogens is 1. The largest absolute Gasteiger partial charge is 0.480 e. The van der Waals surface area contributed by atoms with Gasteiger partial charge in [-0.25, -0.2) is 9.48 Å². The van der Waals surface area contributed by atoms with Crippen molar-refractivity contribution in [2.75, 3.05) is 11.4 Å². The summed E-state index contributed by atoms with van der Waals surface area (Å²) in [6.45, 7) is 0.743. The van der Waals surface area contributed by atoms with Crippen LogP contribution in [0.5, 0.6) is 0 Å². The molecule has 20 heavy (non-hydrogen) atoms. The van der Waals surface area contributed by atoms with Crippen molar-refractivity contribution in [2.45, 2.75) is 18.9 Å². The van der Waals surface area contributed by atoms with Gasteiger partial charge in [0.1, 0.15) is 6.04 Å². The molecule has 0 radical (unpaired) electrons. The van der Waals surface area contributed by atoms with Crippen LogP contribution >= 0.6 is 12.2 Å². The van der Waals surface area contributed by atoms with E-state index in [1.165, 1.54) is 0 Å². The zero-order chi connectivity index (χ0) is 14.1. The van der Waals surface area contributed by atoms with Crippen molar-refractivity contribution in [1.29, 1.82) is 0 Å². The average Bonchev–Trinajstić information content (AvgIpc) is 3.07. The Morgan fingerprint density at radius 2 is 2.25 bits per heavy atom. The molecule has 1 unspecified atom stereocenters. The van der Waals surface area contributed by atoms with E-state index in [0.717, 1.165) is 24.3 Å². The normalized spacial score (nSPS) is 18.4. The topological polar surface area (TPSA) is 87.0 Å². The van der Waals surface area contributed by atoms with E-state index in [-0.39, 0.29) is 0 Å². The van der Waals surface area contributed by atoms with Crippen LogP contribution in [0.4, 0.5) is 5.69 Å². The van der Waals surface area contributed by atoms with Crippen molar-refractivity contribution in [1.82, 2.24) is 20.2 Å². The van der Waals surface area contributed by atoms with E-state index in [1.54, 1.807) is 4.68 Å². The van der Waals surface area contributed by atoms with Crippen LogP contribution in [-0.2, 0) is 4.79 Å². The minimum atomic E-state index is -0.785. The van der Waals surface area contributed by atoms with Crippen LogP contribution < -0.4 is 4.90 Å². The second kappa shape index (κ2) is 5.04. The Morgan fingerprint density at radius 1 is 1.45 bits per heavy atom. The van der Waals surface area contributed by atoms with Crippen LogP contribution in [0.15, 0.2) is 24.3 Å². The highest BCUT2D eigenvalue weighted by atomic mass is 32.1. The highest BCUT2D eigenvalue weighted by molar-refractivity contribution is 7.71. The molecule has 2 aromatic rings. The molecule has 1 aliphatic heterocycles. The van der Waals surface area contributed by atoms with Crippen molar-refractivity contribution in [3.63, 3.8) is 0 Å². The first-order valence-electron chi connectivity index (χ1n) is 6.27. The van der Waals surface area contributed by atoms with Gasteiger partial charge >= 0.3 is 5.97 Å². The summed E-state index contributed by atoms with van der Waals surface area (Å²) < 4.78 is 1.91. The molecular weight excluding hydrogens is 278 g/mol. The van der Waals surface area contributed by atoms with Crippen LogP contribution in [0, 0.1) is 4.77 Å². The quantitative estimate of drug-likeness (QED) is 0.831. The number of hydrogen-bond acceptors (Lipinski definition) is 5. The molecule has 1 saturated heterocycles. The summed E-state index contributed by atoms with van der Waals surface area (Å²) in [6, 6.07) is 7.06. The lowest BCUT2D eigenvalue weighted by Gasteiger charge is -2.24. The third-order valence-corrected chi connectivity index (χ3v) is 3.69. The monoisotopic (exact) mass is 291 g/mol. The molecule has 1 aromatic carbocycles. The van der Waals surface area contributed by atoms with Crippen molar-refractivity contribution >= 4 is 23.9 Å². The number of aliphatic carboxylic acids is 1. The minimum Gasteiger partial charge on any atom is -0.480 e. The lowest BCUT2D eigenvalue weighted by Crippen LogP contribution is -2.35. The van der Waals surface area contributed by atoms with E-state index >= 15 is 0 Å². The number of aromatic amines is 1. The maximum Gasteiger partial charge on any atom is 0.326 e. The van der Waals surface area contributed by atoms with Crippen molar-refractivity contribution in [3.05, 3.63) is 29.0 Å². The second-order valence-electron chi connectivity index (χ2n) is 4.63. The molecule has 104 valence electrons.